The van der Waals surface area contributed by atoms with Gasteiger partial charge in [-0.05, 0) is 31.6 Å². The summed E-state index contributed by atoms with van der Waals surface area (Å²) in [7, 11) is 1.64. The Kier molecular flexibility index (Phi) is 13.8. The Balaban J connectivity index is 0.000000450. The molecule has 3 rings (SSSR count). The lowest BCUT2D eigenvalue weighted by molar-refractivity contribution is -0.159. The molecule has 2 heterocycles. The van der Waals surface area contributed by atoms with E-state index in [-0.39, 0.29) is 0 Å². The summed E-state index contributed by atoms with van der Waals surface area (Å²) in [4.78, 5) is 43.2. The first-order valence-electron chi connectivity index (χ1n) is 10.5. The van der Waals surface area contributed by atoms with Gasteiger partial charge in [0.05, 0.1) is 26.9 Å². The summed E-state index contributed by atoms with van der Waals surface area (Å²) in [5.74, 6) is -5.34. The number of aliphatic carboxylic acids is 4. The highest BCUT2D eigenvalue weighted by molar-refractivity contribution is 6.27. The highest BCUT2D eigenvalue weighted by Crippen LogP contribution is 2.21. The molecule has 36 heavy (non-hydrogen) atoms. The predicted molar refractivity (Wildman–Crippen MR) is 120 cm³/mol. The van der Waals surface area contributed by atoms with Crippen LogP contribution in [0.5, 0.6) is 5.75 Å². The van der Waals surface area contributed by atoms with Crippen LogP contribution in [0.3, 0.4) is 0 Å². The van der Waals surface area contributed by atoms with E-state index >= 15 is 0 Å². The van der Waals surface area contributed by atoms with Crippen molar-refractivity contribution in [2.45, 2.75) is 13.0 Å². The number of hydrogen-bond donors (Lipinski definition) is 5. The fraction of sp³-hybridized carbons (Fsp3) is 0.429. The molecule has 1 fully saturated rings. The molecule has 0 atom stereocenters. The minimum Gasteiger partial charge on any atom is -0.497 e. The minimum absolute atomic E-state index is 0.582. The molecule has 5 N–H and O–H groups in total. The molecule has 1 aromatic carbocycles. The Bertz CT molecular complexity index is 942. The first-order valence-corrected chi connectivity index (χ1v) is 10.5. The summed E-state index contributed by atoms with van der Waals surface area (Å²) in [5.41, 5.74) is 0.886. The molecule has 198 valence electrons. The molecule has 1 aliphatic rings. The van der Waals surface area contributed by atoms with Gasteiger partial charge in [0.2, 0.25) is 11.7 Å². The maximum absolute atomic E-state index is 9.10. The third kappa shape index (κ3) is 12.4. The standard InChI is InChI=1S/C17H24N4O3.2C2H2O4/c1-22-15-5-2-4-14(12-15)17-19-16(24-20-17)13-18-6-3-7-21-8-10-23-11-9-21;2*3-1(4)2(5)6/h2,4-5,12,18H,3,6-11,13H2,1H3;2*(H,3,4)(H,5,6). The summed E-state index contributed by atoms with van der Waals surface area (Å²) in [6.07, 6.45) is 1.09. The van der Waals surface area contributed by atoms with Gasteiger partial charge in [0.25, 0.3) is 0 Å². The first-order chi connectivity index (χ1) is 17.1. The lowest BCUT2D eigenvalue weighted by atomic mass is 10.2. The molecule has 1 saturated heterocycles. The van der Waals surface area contributed by atoms with E-state index in [4.69, 9.17) is 53.6 Å². The van der Waals surface area contributed by atoms with Crippen molar-refractivity contribution in [3.63, 3.8) is 0 Å². The monoisotopic (exact) mass is 512 g/mol. The molecule has 15 nitrogen and oxygen atoms in total. The van der Waals surface area contributed by atoms with Gasteiger partial charge in [-0.2, -0.15) is 4.98 Å². The van der Waals surface area contributed by atoms with Crippen LogP contribution in [0.2, 0.25) is 0 Å². The Labute approximate surface area is 205 Å². The first kappa shape index (κ1) is 30.0. The molecule has 0 unspecified atom stereocenters. The molecular formula is C21H28N4O11. The second-order valence-corrected chi connectivity index (χ2v) is 6.95. The zero-order valence-electron chi connectivity index (χ0n) is 19.5. The quantitative estimate of drug-likeness (QED) is 0.229. The van der Waals surface area contributed by atoms with Crippen LogP contribution in [0.25, 0.3) is 11.4 Å². The fourth-order valence-electron chi connectivity index (χ4n) is 2.65. The summed E-state index contributed by atoms with van der Waals surface area (Å²) in [5, 5.41) is 36.9. The molecule has 0 amide bonds. The topological polar surface area (TPSA) is 222 Å². The van der Waals surface area contributed by atoms with Gasteiger partial charge in [-0.25, -0.2) is 19.2 Å². The van der Waals surface area contributed by atoms with Gasteiger partial charge in [-0.1, -0.05) is 17.3 Å². The van der Waals surface area contributed by atoms with Crippen LogP contribution in [0.4, 0.5) is 0 Å². The average Bonchev–Trinajstić information content (AvgIpc) is 3.34. The van der Waals surface area contributed by atoms with E-state index in [1.54, 1.807) is 7.11 Å². The number of aromatic nitrogens is 2. The van der Waals surface area contributed by atoms with Crippen LogP contribution < -0.4 is 10.1 Å². The number of ether oxygens (including phenoxy) is 2. The summed E-state index contributed by atoms with van der Waals surface area (Å²) in [6, 6.07) is 7.63. The molecular weight excluding hydrogens is 484 g/mol. The zero-order valence-corrected chi connectivity index (χ0v) is 19.5. The lowest BCUT2D eigenvalue weighted by Gasteiger charge is -2.26. The number of methoxy groups -OCH3 is 1. The molecule has 0 aliphatic carbocycles. The van der Waals surface area contributed by atoms with Crippen molar-refractivity contribution in [1.29, 1.82) is 0 Å². The molecule has 1 aromatic heterocycles. The molecule has 15 heteroatoms. The van der Waals surface area contributed by atoms with Crippen LogP contribution in [0.15, 0.2) is 28.8 Å². The number of morpholine rings is 1. The van der Waals surface area contributed by atoms with Crippen LogP contribution >= 0.6 is 0 Å². The fourth-order valence-corrected chi connectivity index (χ4v) is 2.65. The summed E-state index contributed by atoms with van der Waals surface area (Å²) < 4.78 is 15.9. The Hall–Kier alpha value is -4.08. The number of benzene rings is 1. The second kappa shape index (κ2) is 16.5. The number of hydrogen-bond acceptors (Lipinski definition) is 11. The van der Waals surface area contributed by atoms with Gasteiger partial charge in [-0.3, -0.25) is 4.90 Å². The minimum atomic E-state index is -1.82. The van der Waals surface area contributed by atoms with Crippen LogP contribution in [-0.2, 0) is 30.5 Å². The van der Waals surface area contributed by atoms with Crippen molar-refractivity contribution >= 4 is 23.9 Å². The van der Waals surface area contributed by atoms with E-state index in [1.807, 2.05) is 24.3 Å². The molecule has 0 radical (unpaired) electrons. The molecule has 1 aliphatic heterocycles. The van der Waals surface area contributed by atoms with Gasteiger partial charge in [0.15, 0.2) is 0 Å². The van der Waals surface area contributed by atoms with Gasteiger partial charge in [0.1, 0.15) is 5.75 Å². The summed E-state index contributed by atoms with van der Waals surface area (Å²) >= 11 is 0. The van der Waals surface area contributed by atoms with E-state index in [9.17, 15) is 0 Å². The normalized spacial score (nSPS) is 12.8. The predicted octanol–water partition coefficient (Wildman–Crippen LogP) is -0.132. The summed E-state index contributed by atoms with van der Waals surface area (Å²) in [6.45, 7) is 6.37. The van der Waals surface area contributed by atoms with Gasteiger partial charge in [-0.15, -0.1) is 0 Å². The highest BCUT2D eigenvalue weighted by atomic mass is 16.5. The number of carboxylic acid groups (broad SMARTS) is 4. The lowest BCUT2D eigenvalue weighted by Crippen LogP contribution is -2.37. The van der Waals surface area contributed by atoms with Gasteiger partial charge < -0.3 is 39.7 Å². The van der Waals surface area contributed by atoms with Crippen LogP contribution in [0.1, 0.15) is 12.3 Å². The van der Waals surface area contributed by atoms with Crippen LogP contribution in [0, 0.1) is 0 Å². The smallest absolute Gasteiger partial charge is 0.414 e. The number of nitrogens with zero attached hydrogens (tertiary/aromatic N) is 3. The zero-order chi connectivity index (χ0) is 26.9. The average molecular weight is 512 g/mol. The van der Waals surface area contributed by atoms with Gasteiger partial charge in [0, 0.05) is 18.7 Å². The number of carbonyl (C=O) groups is 4. The molecule has 0 bridgehead atoms. The third-order valence-electron chi connectivity index (χ3n) is 4.37. The maximum atomic E-state index is 9.10. The Morgan fingerprint density at radius 1 is 1.03 bits per heavy atom. The van der Waals surface area contributed by atoms with Crippen molar-refractivity contribution in [2.24, 2.45) is 0 Å². The van der Waals surface area contributed by atoms with E-state index in [0.717, 1.165) is 57.1 Å². The third-order valence-corrected chi connectivity index (χ3v) is 4.37. The number of nitrogens with one attached hydrogen (secondary N) is 1. The van der Waals surface area contributed by atoms with E-state index < -0.39 is 23.9 Å². The van der Waals surface area contributed by atoms with Crippen molar-refractivity contribution in [1.82, 2.24) is 20.4 Å². The van der Waals surface area contributed by atoms with Crippen molar-refractivity contribution in [3.8, 4) is 17.1 Å². The Morgan fingerprint density at radius 3 is 2.19 bits per heavy atom. The SMILES string of the molecule is COc1cccc(-c2noc(CNCCCN3CCOCC3)n2)c1.O=C(O)C(=O)O.O=C(O)C(=O)O. The molecule has 0 saturated carbocycles. The van der Waals surface area contributed by atoms with Crippen molar-refractivity contribution in [2.75, 3.05) is 46.5 Å². The Morgan fingerprint density at radius 2 is 1.64 bits per heavy atom. The van der Waals surface area contributed by atoms with Crippen molar-refractivity contribution < 1.29 is 53.6 Å². The number of carboxylic acids is 4. The van der Waals surface area contributed by atoms with E-state index in [0.29, 0.717) is 18.3 Å². The number of rotatable bonds is 8. The highest BCUT2D eigenvalue weighted by Gasteiger charge is 2.11. The van der Waals surface area contributed by atoms with Crippen molar-refractivity contribution in [3.05, 3.63) is 30.2 Å². The molecule has 0 spiro atoms. The van der Waals surface area contributed by atoms with Crippen LogP contribution in [-0.4, -0.2) is 106 Å². The largest absolute Gasteiger partial charge is 0.497 e. The van der Waals surface area contributed by atoms with Gasteiger partial charge >= 0.3 is 23.9 Å². The van der Waals surface area contributed by atoms with E-state index in [1.165, 1.54) is 0 Å². The van der Waals surface area contributed by atoms with E-state index in [2.05, 4.69) is 20.4 Å². The maximum Gasteiger partial charge on any atom is 0.414 e. The molecule has 2 aromatic rings. The second-order valence-electron chi connectivity index (χ2n) is 6.95.